The van der Waals surface area contributed by atoms with Gasteiger partial charge in [-0.05, 0) is 31.8 Å². The summed E-state index contributed by atoms with van der Waals surface area (Å²) in [6.07, 6.45) is 0. The molecule has 0 saturated carbocycles. The highest BCUT2D eigenvalue weighted by Crippen LogP contribution is 2.17. The van der Waals surface area contributed by atoms with E-state index in [-0.39, 0.29) is 5.91 Å². The molecule has 0 radical (unpaired) electrons. The molecular weight excluding hydrogens is 238 g/mol. The average Bonchev–Trinajstić information content (AvgIpc) is 2.74. The molecule has 1 N–H and O–H groups in total. The third-order valence-corrected chi connectivity index (χ3v) is 3.09. The van der Waals surface area contributed by atoms with Gasteiger partial charge in [-0.3, -0.25) is 4.79 Å². The Labute approximate surface area is 104 Å². The van der Waals surface area contributed by atoms with Gasteiger partial charge in [-0.25, -0.2) is 0 Å². The summed E-state index contributed by atoms with van der Waals surface area (Å²) in [5, 5.41) is 6.28. The summed E-state index contributed by atoms with van der Waals surface area (Å²) >= 11 is 1.35. The number of azide groups is 1. The van der Waals surface area contributed by atoms with E-state index in [0.717, 1.165) is 11.4 Å². The van der Waals surface area contributed by atoms with Crippen LogP contribution in [0.4, 0.5) is 0 Å². The molecule has 0 bridgehead atoms. The summed E-state index contributed by atoms with van der Waals surface area (Å²) in [7, 11) is 3.91. The van der Waals surface area contributed by atoms with E-state index in [1.54, 1.807) is 12.1 Å². The number of carbonyl (C=O) groups is 1. The van der Waals surface area contributed by atoms with Crippen molar-refractivity contribution in [1.29, 1.82) is 0 Å². The molecule has 17 heavy (non-hydrogen) atoms. The fourth-order valence-electron chi connectivity index (χ4n) is 1.17. The molecule has 0 saturated heterocycles. The number of hydrogen-bond donors (Lipinski definition) is 1. The monoisotopic (exact) mass is 253 g/mol. The number of nitrogens with zero attached hydrogens (tertiary/aromatic N) is 4. The molecule has 7 heteroatoms. The van der Waals surface area contributed by atoms with Gasteiger partial charge in [-0.2, -0.15) is 0 Å². The number of thiophene rings is 1. The number of nitrogens with one attached hydrogen (secondary N) is 1. The van der Waals surface area contributed by atoms with Crippen molar-refractivity contribution in [2.75, 3.05) is 27.2 Å². The lowest BCUT2D eigenvalue weighted by atomic mass is 10.4. The summed E-state index contributed by atoms with van der Waals surface area (Å²) < 4.78 is 0. The second-order valence-electron chi connectivity index (χ2n) is 3.71. The van der Waals surface area contributed by atoms with E-state index in [9.17, 15) is 4.79 Å². The van der Waals surface area contributed by atoms with Gasteiger partial charge in [0.05, 0.1) is 11.4 Å². The van der Waals surface area contributed by atoms with Gasteiger partial charge in [0, 0.05) is 22.9 Å². The quantitative estimate of drug-likeness (QED) is 0.477. The van der Waals surface area contributed by atoms with E-state index in [1.165, 1.54) is 11.3 Å². The fraction of sp³-hybridized carbons (Fsp3) is 0.500. The van der Waals surface area contributed by atoms with Gasteiger partial charge in [-0.15, -0.1) is 11.3 Å². The van der Waals surface area contributed by atoms with E-state index in [2.05, 4.69) is 15.3 Å². The smallest absolute Gasteiger partial charge is 0.261 e. The third-order valence-electron chi connectivity index (χ3n) is 2.02. The maximum Gasteiger partial charge on any atom is 0.261 e. The van der Waals surface area contributed by atoms with E-state index in [1.807, 2.05) is 19.0 Å². The maximum absolute atomic E-state index is 11.7. The maximum atomic E-state index is 11.7. The topological polar surface area (TPSA) is 81.1 Å². The zero-order valence-corrected chi connectivity index (χ0v) is 10.7. The predicted octanol–water partition coefficient (Wildman–Crippen LogP) is 1.85. The molecule has 0 unspecified atom stereocenters. The predicted molar refractivity (Wildman–Crippen MR) is 68.1 cm³/mol. The Morgan fingerprint density at radius 1 is 1.59 bits per heavy atom. The number of likely N-dealkylation sites (N-methyl/N-ethyl adjacent to an activating group) is 1. The van der Waals surface area contributed by atoms with Gasteiger partial charge in [0.1, 0.15) is 0 Å². The standard InChI is InChI=1S/C10H15N5OS/c1-15(2)6-5-12-10(16)9-4-3-8(17-9)7-13-14-11/h3-4H,5-7H2,1-2H3,(H,12,16). The molecular formula is C10H15N5OS. The number of carbonyl (C=O) groups excluding carboxylic acids is 1. The molecule has 0 aromatic carbocycles. The molecule has 0 atom stereocenters. The number of hydrogen-bond acceptors (Lipinski definition) is 4. The molecule has 0 fully saturated rings. The summed E-state index contributed by atoms with van der Waals surface area (Å²) in [5.74, 6) is -0.0796. The van der Waals surface area contributed by atoms with Crippen LogP contribution in [0.25, 0.3) is 10.4 Å². The van der Waals surface area contributed by atoms with Gasteiger partial charge < -0.3 is 10.2 Å². The van der Waals surface area contributed by atoms with Crippen molar-refractivity contribution in [2.45, 2.75) is 6.54 Å². The van der Waals surface area contributed by atoms with Gasteiger partial charge in [-0.1, -0.05) is 5.11 Å². The summed E-state index contributed by atoms with van der Waals surface area (Å²) in [6.45, 7) is 1.73. The molecule has 0 spiro atoms. The second kappa shape index (κ2) is 6.90. The average molecular weight is 253 g/mol. The van der Waals surface area contributed by atoms with Crippen LogP contribution in [0.2, 0.25) is 0 Å². The molecule has 1 aromatic heterocycles. The molecule has 1 rings (SSSR count). The first-order valence-electron chi connectivity index (χ1n) is 5.16. The van der Waals surface area contributed by atoms with Crippen LogP contribution in [-0.4, -0.2) is 38.0 Å². The molecule has 92 valence electrons. The minimum atomic E-state index is -0.0796. The molecule has 1 heterocycles. The Bertz CT molecular complexity index is 422. The zero-order chi connectivity index (χ0) is 12.7. The number of rotatable bonds is 6. The first kappa shape index (κ1) is 13.5. The Morgan fingerprint density at radius 2 is 2.35 bits per heavy atom. The largest absolute Gasteiger partial charge is 0.350 e. The molecule has 1 amide bonds. The fourth-order valence-corrected chi connectivity index (χ4v) is 2.01. The van der Waals surface area contributed by atoms with E-state index in [4.69, 9.17) is 5.53 Å². The van der Waals surface area contributed by atoms with Crippen molar-refractivity contribution < 1.29 is 4.79 Å². The van der Waals surface area contributed by atoms with E-state index >= 15 is 0 Å². The van der Waals surface area contributed by atoms with Crippen molar-refractivity contribution in [1.82, 2.24) is 10.2 Å². The summed E-state index contributed by atoms with van der Waals surface area (Å²) in [4.78, 5) is 17.9. The lowest BCUT2D eigenvalue weighted by molar-refractivity contribution is 0.0955. The van der Waals surface area contributed by atoms with Gasteiger partial charge in [0.2, 0.25) is 0 Å². The van der Waals surface area contributed by atoms with Crippen LogP contribution < -0.4 is 5.32 Å². The van der Waals surface area contributed by atoms with Crippen LogP contribution >= 0.6 is 11.3 Å². The molecule has 1 aromatic rings. The van der Waals surface area contributed by atoms with Gasteiger partial charge >= 0.3 is 0 Å². The third kappa shape index (κ3) is 4.86. The lowest BCUT2D eigenvalue weighted by Crippen LogP contribution is -2.30. The molecule has 6 nitrogen and oxygen atoms in total. The minimum absolute atomic E-state index is 0.0796. The Morgan fingerprint density at radius 3 is 3.00 bits per heavy atom. The highest BCUT2D eigenvalue weighted by Gasteiger charge is 2.08. The minimum Gasteiger partial charge on any atom is -0.350 e. The Hall–Kier alpha value is -1.56. The molecule has 0 aliphatic carbocycles. The lowest BCUT2D eigenvalue weighted by Gasteiger charge is -2.09. The summed E-state index contributed by atoms with van der Waals surface area (Å²) in [5.41, 5.74) is 8.19. The first-order valence-corrected chi connectivity index (χ1v) is 5.97. The van der Waals surface area contributed by atoms with Crippen LogP contribution in [0.5, 0.6) is 0 Å². The Balaban J connectivity index is 2.46. The Kier molecular flexibility index (Phi) is 5.48. The first-order chi connectivity index (χ1) is 8.13. The SMILES string of the molecule is CN(C)CCNC(=O)c1ccc(CN=[N+]=[N-])s1. The summed E-state index contributed by atoms with van der Waals surface area (Å²) in [6, 6.07) is 3.55. The van der Waals surface area contributed by atoms with E-state index in [0.29, 0.717) is 18.0 Å². The highest BCUT2D eigenvalue weighted by molar-refractivity contribution is 7.14. The highest BCUT2D eigenvalue weighted by atomic mass is 32.1. The van der Waals surface area contributed by atoms with Crippen LogP contribution in [-0.2, 0) is 6.54 Å². The normalized spacial score (nSPS) is 10.1. The second-order valence-corrected chi connectivity index (χ2v) is 4.88. The van der Waals surface area contributed by atoms with Crippen LogP contribution in [0.15, 0.2) is 17.2 Å². The van der Waals surface area contributed by atoms with Crippen LogP contribution in [0, 0.1) is 0 Å². The van der Waals surface area contributed by atoms with Gasteiger partial charge in [0.25, 0.3) is 5.91 Å². The van der Waals surface area contributed by atoms with Crippen molar-refractivity contribution in [3.8, 4) is 0 Å². The number of amides is 1. The van der Waals surface area contributed by atoms with Crippen LogP contribution in [0.1, 0.15) is 14.5 Å². The van der Waals surface area contributed by atoms with Crippen molar-refractivity contribution in [2.24, 2.45) is 5.11 Å². The van der Waals surface area contributed by atoms with Crippen molar-refractivity contribution >= 4 is 17.2 Å². The van der Waals surface area contributed by atoms with Gasteiger partial charge in [0.15, 0.2) is 0 Å². The van der Waals surface area contributed by atoms with Crippen LogP contribution in [0.3, 0.4) is 0 Å². The molecule has 0 aliphatic rings. The van der Waals surface area contributed by atoms with Crippen molar-refractivity contribution in [3.63, 3.8) is 0 Å². The van der Waals surface area contributed by atoms with Crippen molar-refractivity contribution in [3.05, 3.63) is 32.3 Å². The zero-order valence-electron chi connectivity index (χ0n) is 9.88. The molecule has 0 aliphatic heterocycles. The van der Waals surface area contributed by atoms with E-state index < -0.39 is 0 Å².